The number of nitrogens with zero attached hydrogens (tertiary/aromatic N) is 4. The van der Waals surface area contributed by atoms with Crippen LogP contribution in [0, 0.1) is 13.8 Å². The minimum Gasteiger partial charge on any atom is -0.404 e. The third-order valence-electron chi connectivity index (χ3n) is 5.17. The lowest BCUT2D eigenvalue weighted by Gasteiger charge is -2.22. The van der Waals surface area contributed by atoms with E-state index in [9.17, 15) is 13.2 Å². The zero-order valence-corrected chi connectivity index (χ0v) is 17.6. The molecule has 0 aliphatic carbocycles. The van der Waals surface area contributed by atoms with Gasteiger partial charge in [0.1, 0.15) is 0 Å². The number of benzene rings is 1. The van der Waals surface area contributed by atoms with Crippen molar-refractivity contribution in [3.63, 3.8) is 0 Å². The van der Waals surface area contributed by atoms with E-state index in [4.69, 9.17) is 4.74 Å². The number of ether oxygens (including phenoxy) is 1. The highest BCUT2D eigenvalue weighted by atomic mass is 32.2. The summed E-state index contributed by atoms with van der Waals surface area (Å²) >= 11 is 0. The molecule has 152 valence electrons. The molecule has 29 heavy (non-hydrogen) atoms. The summed E-state index contributed by atoms with van der Waals surface area (Å²) in [7, 11) is -3.53. The van der Waals surface area contributed by atoms with Gasteiger partial charge in [-0.2, -0.15) is 10.2 Å². The number of rotatable bonds is 4. The van der Waals surface area contributed by atoms with Crippen LogP contribution in [0.1, 0.15) is 40.9 Å². The van der Waals surface area contributed by atoms with Crippen LogP contribution in [0.4, 0.5) is 0 Å². The van der Waals surface area contributed by atoms with Crippen molar-refractivity contribution in [2.24, 2.45) is 0 Å². The molecule has 0 amide bonds. The number of aryl methyl sites for hydroxylation is 3. The van der Waals surface area contributed by atoms with Crippen molar-refractivity contribution in [1.82, 2.24) is 19.6 Å². The zero-order valence-electron chi connectivity index (χ0n) is 16.8. The van der Waals surface area contributed by atoms with Crippen LogP contribution in [-0.4, -0.2) is 33.9 Å². The van der Waals surface area contributed by atoms with E-state index >= 15 is 0 Å². The van der Waals surface area contributed by atoms with Crippen LogP contribution in [-0.2, 0) is 28.7 Å². The van der Waals surface area contributed by atoms with Gasteiger partial charge >= 0.3 is 5.97 Å². The van der Waals surface area contributed by atoms with E-state index in [1.807, 2.05) is 13.8 Å². The first kappa shape index (κ1) is 19.4. The van der Waals surface area contributed by atoms with Crippen molar-refractivity contribution in [3.05, 3.63) is 46.8 Å². The molecule has 0 saturated carbocycles. The van der Waals surface area contributed by atoms with E-state index in [2.05, 4.69) is 10.2 Å². The van der Waals surface area contributed by atoms with Gasteiger partial charge in [-0.15, -0.1) is 0 Å². The molecule has 0 unspecified atom stereocenters. The molecular weight excluding hydrogens is 392 g/mol. The van der Waals surface area contributed by atoms with Crippen molar-refractivity contribution in [2.75, 3.05) is 0 Å². The number of hydrogen-bond donors (Lipinski definition) is 0. The fraction of sp³-hybridized carbons (Fsp3) is 0.350. The molecule has 0 bridgehead atoms. The van der Waals surface area contributed by atoms with Gasteiger partial charge < -0.3 is 4.74 Å². The van der Waals surface area contributed by atoms with E-state index in [0.29, 0.717) is 52.5 Å². The Labute approximate surface area is 169 Å². The standard InChI is InChI=1S/C20H22N4O4S/c1-5-23-10-14-11-29(26,27)19-12(3)9-15(13(4)17(19)18(14)22-23)20(25)28-16-7-8-21-24(16)6-2/h7-10H,5-6,11H2,1-4H3. The van der Waals surface area contributed by atoms with Crippen molar-refractivity contribution >= 4 is 15.8 Å². The minimum absolute atomic E-state index is 0.0882. The second-order valence-corrected chi connectivity index (χ2v) is 8.99. The molecule has 3 heterocycles. The summed E-state index contributed by atoms with van der Waals surface area (Å²) in [6, 6.07) is 3.20. The minimum atomic E-state index is -3.53. The zero-order chi connectivity index (χ0) is 20.9. The fourth-order valence-corrected chi connectivity index (χ4v) is 5.68. The maximum absolute atomic E-state index is 13.0. The lowest BCUT2D eigenvalue weighted by Crippen LogP contribution is -2.19. The van der Waals surface area contributed by atoms with Gasteiger partial charge in [0, 0.05) is 36.5 Å². The lowest BCUT2D eigenvalue weighted by molar-refractivity contribution is 0.0717. The molecule has 0 spiro atoms. The third kappa shape index (κ3) is 3.05. The lowest BCUT2D eigenvalue weighted by atomic mass is 9.95. The Morgan fingerprint density at radius 1 is 1.24 bits per heavy atom. The van der Waals surface area contributed by atoms with Gasteiger partial charge in [0.15, 0.2) is 9.84 Å². The van der Waals surface area contributed by atoms with Gasteiger partial charge in [0.2, 0.25) is 5.88 Å². The highest BCUT2D eigenvalue weighted by Gasteiger charge is 2.35. The second kappa shape index (κ2) is 6.84. The van der Waals surface area contributed by atoms with Gasteiger partial charge in [0.25, 0.3) is 0 Å². The molecule has 0 radical (unpaired) electrons. The van der Waals surface area contributed by atoms with Crippen LogP contribution in [0.25, 0.3) is 11.3 Å². The maximum Gasteiger partial charge on any atom is 0.345 e. The molecule has 0 saturated heterocycles. The summed E-state index contributed by atoms with van der Waals surface area (Å²) in [5.74, 6) is -0.298. The van der Waals surface area contributed by atoms with Crippen LogP contribution in [0.5, 0.6) is 5.88 Å². The van der Waals surface area contributed by atoms with Crippen molar-refractivity contribution < 1.29 is 17.9 Å². The van der Waals surface area contributed by atoms with E-state index in [0.717, 1.165) is 0 Å². The Morgan fingerprint density at radius 3 is 2.69 bits per heavy atom. The smallest absolute Gasteiger partial charge is 0.345 e. The number of sulfone groups is 1. The molecule has 8 nitrogen and oxygen atoms in total. The average molecular weight is 414 g/mol. The maximum atomic E-state index is 13.0. The first-order chi connectivity index (χ1) is 13.8. The van der Waals surface area contributed by atoms with Crippen molar-refractivity contribution in [3.8, 4) is 17.1 Å². The SMILES string of the molecule is CCn1cc2c(n1)-c1c(C)c(C(=O)Oc3ccnn3CC)cc(C)c1S(=O)(=O)C2. The normalized spacial score (nSPS) is 14.3. The van der Waals surface area contributed by atoms with Gasteiger partial charge in [-0.3, -0.25) is 4.68 Å². The molecule has 2 aromatic heterocycles. The van der Waals surface area contributed by atoms with Gasteiger partial charge in [-0.1, -0.05) is 0 Å². The predicted octanol–water partition coefficient (Wildman–Crippen LogP) is 2.91. The Balaban J connectivity index is 1.88. The number of aromatic nitrogens is 4. The number of hydrogen-bond acceptors (Lipinski definition) is 6. The molecule has 1 aliphatic rings. The third-order valence-corrected chi connectivity index (χ3v) is 7.01. The Kier molecular flexibility index (Phi) is 4.57. The van der Waals surface area contributed by atoms with Crippen LogP contribution < -0.4 is 4.74 Å². The van der Waals surface area contributed by atoms with Crippen LogP contribution in [0.2, 0.25) is 0 Å². The number of esters is 1. The van der Waals surface area contributed by atoms with Crippen LogP contribution in [0.3, 0.4) is 0 Å². The largest absolute Gasteiger partial charge is 0.404 e. The van der Waals surface area contributed by atoms with E-state index in [-0.39, 0.29) is 10.6 Å². The Morgan fingerprint density at radius 2 is 2.00 bits per heavy atom. The summed E-state index contributed by atoms with van der Waals surface area (Å²) in [4.78, 5) is 13.2. The molecule has 0 fully saturated rings. The molecule has 1 aliphatic heterocycles. The molecule has 9 heteroatoms. The number of fused-ring (bicyclic) bond motifs is 3. The van der Waals surface area contributed by atoms with Crippen LogP contribution in [0.15, 0.2) is 29.4 Å². The molecule has 0 atom stereocenters. The molecule has 1 aromatic carbocycles. The van der Waals surface area contributed by atoms with Crippen molar-refractivity contribution in [2.45, 2.75) is 51.4 Å². The molecule has 4 rings (SSSR count). The summed E-state index contributed by atoms with van der Waals surface area (Å²) < 4.78 is 34.8. The number of carbonyl (C=O) groups is 1. The predicted molar refractivity (Wildman–Crippen MR) is 107 cm³/mol. The summed E-state index contributed by atoms with van der Waals surface area (Å²) in [5.41, 5.74) is 3.14. The first-order valence-electron chi connectivity index (χ1n) is 9.44. The van der Waals surface area contributed by atoms with Gasteiger partial charge in [-0.25, -0.2) is 17.9 Å². The molecular formula is C20H22N4O4S. The fourth-order valence-electron chi connectivity index (χ4n) is 3.80. The highest BCUT2D eigenvalue weighted by molar-refractivity contribution is 7.91. The number of carbonyl (C=O) groups excluding carboxylic acids is 1. The van der Waals surface area contributed by atoms with Gasteiger partial charge in [0.05, 0.1) is 28.1 Å². The summed E-state index contributed by atoms with van der Waals surface area (Å²) in [6.45, 7) is 8.47. The van der Waals surface area contributed by atoms with E-state index in [1.54, 1.807) is 47.7 Å². The monoisotopic (exact) mass is 414 g/mol. The average Bonchev–Trinajstić information content (AvgIpc) is 3.28. The second-order valence-electron chi connectivity index (χ2n) is 7.06. The first-order valence-corrected chi connectivity index (χ1v) is 11.1. The molecule has 0 N–H and O–H groups in total. The van der Waals surface area contributed by atoms with E-state index < -0.39 is 15.8 Å². The topological polar surface area (TPSA) is 96.1 Å². The Hall–Kier alpha value is -2.94. The summed E-state index contributed by atoms with van der Waals surface area (Å²) in [5, 5.41) is 8.67. The van der Waals surface area contributed by atoms with Crippen molar-refractivity contribution in [1.29, 1.82) is 0 Å². The van der Waals surface area contributed by atoms with Crippen LogP contribution >= 0.6 is 0 Å². The molecule has 3 aromatic rings. The highest BCUT2D eigenvalue weighted by Crippen LogP contribution is 2.42. The summed E-state index contributed by atoms with van der Waals surface area (Å²) in [6.07, 6.45) is 3.32. The Bertz CT molecular complexity index is 1240. The quantitative estimate of drug-likeness (QED) is 0.609. The van der Waals surface area contributed by atoms with E-state index in [1.165, 1.54) is 0 Å². The van der Waals surface area contributed by atoms with Gasteiger partial charge in [-0.05, 0) is 44.9 Å².